The first kappa shape index (κ1) is 14.6. The number of ketones is 1. The molecule has 20 heavy (non-hydrogen) atoms. The Balaban J connectivity index is 1.97. The number of hydrogen-bond donors (Lipinski definition) is 0. The van der Waals surface area contributed by atoms with Crippen molar-refractivity contribution in [1.29, 1.82) is 0 Å². The predicted octanol–water partition coefficient (Wildman–Crippen LogP) is 3.55. The second kappa shape index (κ2) is 7.08. The van der Waals surface area contributed by atoms with E-state index in [9.17, 15) is 9.59 Å². The van der Waals surface area contributed by atoms with Crippen LogP contribution in [-0.2, 0) is 9.53 Å². The number of benzene rings is 1. The van der Waals surface area contributed by atoms with E-state index in [0.29, 0.717) is 19.4 Å². The minimum Gasteiger partial charge on any atom is -0.447 e. The summed E-state index contributed by atoms with van der Waals surface area (Å²) in [4.78, 5) is 25.4. The Bertz CT molecular complexity index is 458. The fourth-order valence-corrected chi connectivity index (χ4v) is 2.45. The number of Topliss-reactive ketones (excluding diaryl/α,β-unsaturated/α-hetero) is 1. The van der Waals surface area contributed by atoms with Gasteiger partial charge in [-0.2, -0.15) is 0 Å². The molecule has 1 unspecified atom stereocenters. The van der Waals surface area contributed by atoms with E-state index in [1.54, 1.807) is 4.90 Å². The molecule has 0 radical (unpaired) electrons. The standard InChI is InChI=1S/C16H21NO3/c1-2-3-5-10-15(18)11-14-12-20-16(19)17(14)13-8-6-4-7-9-13/h4,6-9,14H,2-3,5,10-12H2,1H3. The van der Waals surface area contributed by atoms with Crippen LogP contribution in [0.25, 0.3) is 0 Å². The first-order chi connectivity index (χ1) is 9.72. The summed E-state index contributed by atoms with van der Waals surface area (Å²) in [6.07, 6.45) is 3.73. The Morgan fingerprint density at radius 2 is 2.05 bits per heavy atom. The van der Waals surface area contributed by atoms with Crippen LogP contribution in [0.4, 0.5) is 10.5 Å². The number of nitrogens with zero attached hydrogens (tertiary/aromatic N) is 1. The van der Waals surface area contributed by atoms with Crippen LogP contribution in [0, 0.1) is 0 Å². The number of para-hydroxylation sites is 1. The van der Waals surface area contributed by atoms with Crippen LogP contribution in [0.1, 0.15) is 39.0 Å². The highest BCUT2D eigenvalue weighted by molar-refractivity contribution is 5.92. The number of amides is 1. The molecule has 0 saturated carbocycles. The van der Waals surface area contributed by atoms with Gasteiger partial charge in [-0.05, 0) is 18.6 Å². The van der Waals surface area contributed by atoms with Crippen molar-refractivity contribution in [1.82, 2.24) is 0 Å². The van der Waals surface area contributed by atoms with Gasteiger partial charge in [0.1, 0.15) is 12.4 Å². The number of ether oxygens (including phenoxy) is 1. The highest BCUT2D eigenvalue weighted by Crippen LogP contribution is 2.25. The average molecular weight is 275 g/mol. The molecule has 1 saturated heterocycles. The van der Waals surface area contributed by atoms with Gasteiger partial charge < -0.3 is 4.74 Å². The maximum atomic E-state index is 12.0. The minimum absolute atomic E-state index is 0.168. The Labute approximate surface area is 119 Å². The van der Waals surface area contributed by atoms with Gasteiger partial charge in [0.25, 0.3) is 0 Å². The van der Waals surface area contributed by atoms with Crippen molar-refractivity contribution in [3.8, 4) is 0 Å². The van der Waals surface area contributed by atoms with Gasteiger partial charge >= 0.3 is 6.09 Å². The van der Waals surface area contributed by atoms with Crippen LogP contribution in [0.5, 0.6) is 0 Å². The van der Waals surface area contributed by atoms with Crippen LogP contribution in [0.15, 0.2) is 30.3 Å². The lowest BCUT2D eigenvalue weighted by molar-refractivity contribution is -0.119. The zero-order valence-electron chi connectivity index (χ0n) is 11.9. The van der Waals surface area contributed by atoms with Crippen LogP contribution in [0.2, 0.25) is 0 Å². The van der Waals surface area contributed by atoms with Crippen molar-refractivity contribution >= 4 is 17.6 Å². The molecule has 1 aliphatic heterocycles. The van der Waals surface area contributed by atoms with E-state index in [1.807, 2.05) is 30.3 Å². The number of anilines is 1. The van der Waals surface area contributed by atoms with Gasteiger partial charge in [0, 0.05) is 18.5 Å². The summed E-state index contributed by atoms with van der Waals surface area (Å²) in [5.41, 5.74) is 0.793. The Kier molecular flexibility index (Phi) is 5.16. The number of rotatable bonds is 7. The van der Waals surface area contributed by atoms with Crippen molar-refractivity contribution < 1.29 is 14.3 Å². The summed E-state index contributed by atoms with van der Waals surface area (Å²) in [7, 11) is 0. The molecule has 0 aliphatic carbocycles. The number of carbonyl (C=O) groups is 2. The molecule has 1 aromatic carbocycles. The first-order valence-electron chi connectivity index (χ1n) is 7.25. The molecule has 1 aliphatic rings. The molecule has 108 valence electrons. The van der Waals surface area contributed by atoms with Gasteiger partial charge in [0.15, 0.2) is 0 Å². The van der Waals surface area contributed by atoms with Gasteiger partial charge in [0.2, 0.25) is 0 Å². The third-order valence-electron chi connectivity index (χ3n) is 3.52. The van der Waals surface area contributed by atoms with Crippen molar-refractivity contribution in [2.24, 2.45) is 0 Å². The van der Waals surface area contributed by atoms with Crippen LogP contribution >= 0.6 is 0 Å². The largest absolute Gasteiger partial charge is 0.447 e. The summed E-state index contributed by atoms with van der Waals surface area (Å²) in [5.74, 6) is 0.211. The fourth-order valence-electron chi connectivity index (χ4n) is 2.45. The molecule has 1 amide bonds. The van der Waals surface area contributed by atoms with Crippen LogP contribution in [-0.4, -0.2) is 24.5 Å². The topological polar surface area (TPSA) is 46.6 Å². The normalized spacial score (nSPS) is 18.1. The highest BCUT2D eigenvalue weighted by atomic mass is 16.6. The molecule has 0 N–H and O–H groups in total. The zero-order valence-corrected chi connectivity index (χ0v) is 11.9. The number of hydrogen-bond acceptors (Lipinski definition) is 3. The predicted molar refractivity (Wildman–Crippen MR) is 77.8 cm³/mol. The summed E-state index contributed by atoms with van der Waals surface area (Å²) < 4.78 is 5.09. The molecular formula is C16H21NO3. The molecule has 2 rings (SSSR count). The van der Waals surface area contributed by atoms with E-state index < -0.39 is 0 Å². The van der Waals surface area contributed by atoms with Gasteiger partial charge in [-0.1, -0.05) is 38.0 Å². The molecular weight excluding hydrogens is 254 g/mol. The molecule has 1 aromatic rings. The Hall–Kier alpha value is -1.84. The molecule has 0 aromatic heterocycles. The highest BCUT2D eigenvalue weighted by Gasteiger charge is 2.35. The Morgan fingerprint density at radius 3 is 2.75 bits per heavy atom. The molecule has 1 atom stereocenters. The monoisotopic (exact) mass is 275 g/mol. The first-order valence-corrected chi connectivity index (χ1v) is 7.25. The molecule has 1 fully saturated rings. The lowest BCUT2D eigenvalue weighted by atomic mass is 10.0. The number of unbranched alkanes of at least 4 members (excludes halogenated alkanes) is 2. The van der Waals surface area contributed by atoms with E-state index in [4.69, 9.17) is 4.74 Å². The van der Waals surface area contributed by atoms with Gasteiger partial charge in [-0.15, -0.1) is 0 Å². The SMILES string of the molecule is CCCCCC(=O)CC1COC(=O)N1c1ccccc1. The van der Waals surface area contributed by atoms with E-state index >= 15 is 0 Å². The van der Waals surface area contributed by atoms with E-state index in [1.165, 1.54) is 0 Å². The van der Waals surface area contributed by atoms with Crippen molar-refractivity contribution in [3.63, 3.8) is 0 Å². The van der Waals surface area contributed by atoms with E-state index in [-0.39, 0.29) is 17.9 Å². The lowest BCUT2D eigenvalue weighted by Crippen LogP contribution is -2.35. The number of cyclic esters (lactones) is 1. The molecule has 0 spiro atoms. The quantitative estimate of drug-likeness (QED) is 0.715. The second-order valence-electron chi connectivity index (χ2n) is 5.14. The van der Waals surface area contributed by atoms with Crippen molar-refractivity contribution in [3.05, 3.63) is 30.3 Å². The summed E-state index contributed by atoms with van der Waals surface area (Å²) in [6, 6.07) is 9.21. The second-order valence-corrected chi connectivity index (χ2v) is 5.14. The summed E-state index contributed by atoms with van der Waals surface area (Å²) >= 11 is 0. The third kappa shape index (κ3) is 3.59. The molecule has 4 nitrogen and oxygen atoms in total. The average Bonchev–Trinajstić information content (AvgIpc) is 2.81. The van der Waals surface area contributed by atoms with Crippen LogP contribution in [0.3, 0.4) is 0 Å². The number of carbonyl (C=O) groups excluding carboxylic acids is 2. The van der Waals surface area contributed by atoms with Gasteiger partial charge in [-0.3, -0.25) is 9.69 Å². The summed E-state index contributed by atoms with van der Waals surface area (Å²) in [5, 5.41) is 0. The zero-order chi connectivity index (χ0) is 14.4. The minimum atomic E-state index is -0.359. The molecule has 0 bridgehead atoms. The van der Waals surface area contributed by atoms with Crippen molar-refractivity contribution in [2.75, 3.05) is 11.5 Å². The third-order valence-corrected chi connectivity index (χ3v) is 3.52. The molecule has 1 heterocycles. The van der Waals surface area contributed by atoms with E-state index in [2.05, 4.69) is 6.92 Å². The van der Waals surface area contributed by atoms with E-state index in [0.717, 1.165) is 24.9 Å². The maximum Gasteiger partial charge on any atom is 0.414 e. The van der Waals surface area contributed by atoms with Gasteiger partial charge in [0.05, 0.1) is 6.04 Å². The fraction of sp³-hybridized carbons (Fsp3) is 0.500. The summed E-state index contributed by atoms with van der Waals surface area (Å²) in [6.45, 7) is 2.42. The lowest BCUT2D eigenvalue weighted by Gasteiger charge is -2.20. The van der Waals surface area contributed by atoms with Gasteiger partial charge in [-0.25, -0.2) is 4.79 Å². The van der Waals surface area contributed by atoms with Crippen molar-refractivity contribution in [2.45, 2.75) is 45.1 Å². The Morgan fingerprint density at radius 1 is 1.30 bits per heavy atom. The molecule has 4 heteroatoms. The van der Waals surface area contributed by atoms with Crippen LogP contribution < -0.4 is 4.90 Å². The smallest absolute Gasteiger partial charge is 0.414 e. The maximum absolute atomic E-state index is 12.0.